The number of benzene rings is 2. The minimum Gasteiger partial charge on any atom is -0.407 e. The molecular weight excluding hydrogens is 422 g/mol. The van der Waals surface area contributed by atoms with E-state index in [0.717, 1.165) is 26.9 Å². The number of imidazole rings is 1. The van der Waals surface area contributed by atoms with Gasteiger partial charge in [0, 0.05) is 35.1 Å². The van der Waals surface area contributed by atoms with E-state index in [4.69, 9.17) is 4.42 Å². The van der Waals surface area contributed by atoms with E-state index in [1.165, 1.54) is 12.1 Å². The summed E-state index contributed by atoms with van der Waals surface area (Å²) >= 11 is 1.55. The summed E-state index contributed by atoms with van der Waals surface area (Å²) in [6.07, 6.45) is 3.87. The molecule has 154 valence electrons. The molecule has 0 aliphatic rings. The van der Waals surface area contributed by atoms with Crippen LogP contribution in [-0.4, -0.2) is 24.8 Å². The molecule has 2 aromatic carbocycles. The molecule has 0 bridgehead atoms. The zero-order valence-corrected chi connectivity index (χ0v) is 16.5. The summed E-state index contributed by atoms with van der Waals surface area (Å²) in [5, 5.41) is 15.6. The van der Waals surface area contributed by atoms with Crippen LogP contribution in [0.2, 0.25) is 0 Å². The van der Waals surface area contributed by atoms with Crippen LogP contribution in [0.5, 0.6) is 0 Å². The van der Waals surface area contributed by atoms with Crippen molar-refractivity contribution in [3.8, 4) is 11.3 Å². The number of nitrogens with one attached hydrogen (secondary N) is 1. The Bertz CT molecular complexity index is 1480. The third-order valence-corrected chi connectivity index (χ3v) is 5.49. The van der Waals surface area contributed by atoms with Gasteiger partial charge >= 0.3 is 5.76 Å². The number of hydrogen-bond donors (Lipinski definition) is 1. The second kappa shape index (κ2) is 7.22. The Morgan fingerprint density at radius 2 is 2.03 bits per heavy atom. The standard InChI is InChI=1S/C20H13N5O5S/c26-18(11-24-16-6-5-14(25(28)29)9-17(16)30-20(24)27)21-13-3-1-12(2-4-13)15-10-23-7-8-31-19(23)22-15/h1-10H,11H2,(H,21,26). The van der Waals surface area contributed by atoms with Crippen LogP contribution in [0.15, 0.2) is 69.5 Å². The second-order valence-corrected chi connectivity index (χ2v) is 7.58. The van der Waals surface area contributed by atoms with Gasteiger partial charge in [-0.05, 0) is 18.2 Å². The molecule has 0 aliphatic heterocycles. The SMILES string of the molecule is O=C(Cn1c(=O)oc2cc([N+](=O)[O-])ccc21)Nc1ccc(-c2cn3ccsc3n2)cc1. The lowest BCUT2D eigenvalue weighted by molar-refractivity contribution is -0.384. The lowest BCUT2D eigenvalue weighted by atomic mass is 10.1. The summed E-state index contributed by atoms with van der Waals surface area (Å²) < 4.78 is 8.11. The first-order valence-corrected chi connectivity index (χ1v) is 9.96. The van der Waals surface area contributed by atoms with Gasteiger partial charge in [0.25, 0.3) is 5.69 Å². The molecule has 10 nitrogen and oxygen atoms in total. The van der Waals surface area contributed by atoms with Gasteiger partial charge in [-0.25, -0.2) is 9.78 Å². The zero-order valence-electron chi connectivity index (χ0n) is 15.7. The number of anilines is 1. The van der Waals surface area contributed by atoms with Gasteiger partial charge in [-0.3, -0.25) is 23.9 Å². The Labute approximate surface area is 177 Å². The number of aromatic nitrogens is 3. The summed E-state index contributed by atoms with van der Waals surface area (Å²) in [5.74, 6) is -1.20. The van der Waals surface area contributed by atoms with Gasteiger partial charge in [-0.15, -0.1) is 11.3 Å². The van der Waals surface area contributed by atoms with Crippen LogP contribution in [0, 0.1) is 10.1 Å². The Morgan fingerprint density at radius 3 is 2.77 bits per heavy atom. The average molecular weight is 435 g/mol. The van der Waals surface area contributed by atoms with E-state index < -0.39 is 16.6 Å². The van der Waals surface area contributed by atoms with Crippen molar-refractivity contribution in [1.29, 1.82) is 0 Å². The van der Waals surface area contributed by atoms with Crippen molar-refractivity contribution in [2.24, 2.45) is 0 Å². The minimum atomic E-state index is -0.763. The minimum absolute atomic E-state index is 0.0522. The number of fused-ring (bicyclic) bond motifs is 2. The molecule has 0 saturated carbocycles. The van der Waals surface area contributed by atoms with Gasteiger partial charge in [0.1, 0.15) is 6.54 Å². The molecule has 3 heterocycles. The molecule has 5 aromatic rings. The first-order valence-electron chi connectivity index (χ1n) is 9.08. The van der Waals surface area contributed by atoms with Crippen molar-refractivity contribution >= 4 is 44.7 Å². The van der Waals surface area contributed by atoms with E-state index in [1.54, 1.807) is 23.5 Å². The van der Waals surface area contributed by atoms with Gasteiger partial charge in [0.2, 0.25) is 5.91 Å². The van der Waals surface area contributed by atoms with Crippen LogP contribution in [0.1, 0.15) is 0 Å². The summed E-state index contributed by atoms with van der Waals surface area (Å²) in [7, 11) is 0. The summed E-state index contributed by atoms with van der Waals surface area (Å²) in [5.41, 5.74) is 2.46. The fourth-order valence-corrected chi connectivity index (χ4v) is 3.95. The lowest BCUT2D eigenvalue weighted by Crippen LogP contribution is -2.24. The first kappa shape index (κ1) is 18.8. The van der Waals surface area contributed by atoms with Crippen LogP contribution in [0.4, 0.5) is 11.4 Å². The largest absolute Gasteiger partial charge is 0.420 e. The molecule has 0 fully saturated rings. The summed E-state index contributed by atoms with van der Waals surface area (Å²) in [4.78, 5) is 40.3. The van der Waals surface area contributed by atoms with E-state index in [1.807, 2.05) is 34.3 Å². The highest BCUT2D eigenvalue weighted by Crippen LogP contribution is 2.23. The maximum Gasteiger partial charge on any atom is 0.420 e. The van der Waals surface area contributed by atoms with Gasteiger partial charge in [-0.2, -0.15) is 0 Å². The molecule has 0 spiro atoms. The van der Waals surface area contributed by atoms with Gasteiger partial charge in [0.15, 0.2) is 10.5 Å². The second-order valence-electron chi connectivity index (χ2n) is 6.71. The van der Waals surface area contributed by atoms with Crippen LogP contribution in [-0.2, 0) is 11.3 Å². The highest BCUT2D eigenvalue weighted by molar-refractivity contribution is 7.15. The summed E-state index contributed by atoms with van der Waals surface area (Å²) in [6, 6.07) is 11.0. The Morgan fingerprint density at radius 1 is 1.23 bits per heavy atom. The van der Waals surface area contributed by atoms with Gasteiger partial charge in [0.05, 0.1) is 22.2 Å². The third kappa shape index (κ3) is 3.46. The number of rotatable bonds is 5. The summed E-state index contributed by atoms with van der Waals surface area (Å²) in [6.45, 7) is -0.289. The van der Waals surface area contributed by atoms with Crippen molar-refractivity contribution < 1.29 is 14.1 Å². The number of hydrogen-bond acceptors (Lipinski definition) is 7. The fourth-order valence-electron chi connectivity index (χ4n) is 3.25. The number of nitro benzene ring substituents is 1. The molecule has 0 saturated heterocycles. The molecule has 31 heavy (non-hydrogen) atoms. The highest BCUT2D eigenvalue weighted by atomic mass is 32.1. The number of nitrogens with zero attached hydrogens (tertiary/aromatic N) is 4. The quantitative estimate of drug-likeness (QED) is 0.333. The first-order chi connectivity index (χ1) is 15.0. The smallest absolute Gasteiger partial charge is 0.407 e. The maximum atomic E-state index is 12.5. The maximum absolute atomic E-state index is 12.5. The van der Waals surface area contributed by atoms with E-state index in [0.29, 0.717) is 11.2 Å². The van der Waals surface area contributed by atoms with Gasteiger partial charge in [-0.1, -0.05) is 12.1 Å². The van der Waals surface area contributed by atoms with E-state index in [2.05, 4.69) is 10.3 Å². The van der Waals surface area contributed by atoms with Crippen LogP contribution >= 0.6 is 11.3 Å². The topological polar surface area (TPSA) is 125 Å². The van der Waals surface area contributed by atoms with Crippen LogP contribution < -0.4 is 11.1 Å². The normalized spacial score (nSPS) is 11.2. The molecule has 0 unspecified atom stereocenters. The number of amides is 1. The van der Waals surface area contributed by atoms with Crippen molar-refractivity contribution in [2.45, 2.75) is 6.54 Å². The monoisotopic (exact) mass is 435 g/mol. The predicted molar refractivity (Wildman–Crippen MR) is 114 cm³/mol. The van der Waals surface area contributed by atoms with Crippen molar-refractivity contribution in [3.63, 3.8) is 0 Å². The molecular formula is C20H13N5O5S. The molecule has 1 amide bonds. The van der Waals surface area contributed by atoms with Crippen molar-refractivity contribution in [1.82, 2.24) is 14.0 Å². The lowest BCUT2D eigenvalue weighted by Gasteiger charge is -2.06. The molecule has 11 heteroatoms. The Kier molecular flexibility index (Phi) is 4.37. The zero-order chi connectivity index (χ0) is 21.5. The molecule has 5 rings (SSSR count). The Balaban J connectivity index is 1.32. The molecule has 1 N–H and O–H groups in total. The number of non-ortho nitro benzene ring substituents is 1. The van der Waals surface area contributed by atoms with E-state index in [9.17, 15) is 19.7 Å². The highest BCUT2D eigenvalue weighted by Gasteiger charge is 2.16. The number of carbonyl (C=O) groups is 1. The predicted octanol–water partition coefficient (Wildman–Crippen LogP) is 3.52. The molecule has 0 aliphatic carbocycles. The third-order valence-electron chi connectivity index (χ3n) is 4.72. The Hall–Kier alpha value is -4.25. The van der Waals surface area contributed by atoms with Crippen LogP contribution in [0.25, 0.3) is 27.3 Å². The number of carbonyl (C=O) groups excluding carboxylic acids is 1. The average Bonchev–Trinajstić information content (AvgIpc) is 3.42. The van der Waals surface area contributed by atoms with Crippen molar-refractivity contribution in [2.75, 3.05) is 5.32 Å². The van der Waals surface area contributed by atoms with E-state index >= 15 is 0 Å². The number of thiazole rings is 1. The van der Waals surface area contributed by atoms with E-state index in [-0.39, 0.29) is 17.8 Å². The van der Waals surface area contributed by atoms with Crippen LogP contribution in [0.3, 0.4) is 0 Å². The fraction of sp³-hybridized carbons (Fsp3) is 0.0500. The number of nitro groups is 1. The molecule has 0 radical (unpaired) electrons. The van der Waals surface area contributed by atoms with Gasteiger partial charge < -0.3 is 9.73 Å². The molecule has 0 atom stereocenters. The van der Waals surface area contributed by atoms with Crippen molar-refractivity contribution in [3.05, 3.63) is 80.9 Å². The molecule has 3 aromatic heterocycles. The number of oxazole rings is 1.